The highest BCUT2D eigenvalue weighted by Gasteiger charge is 2.16. The smallest absolute Gasteiger partial charge is 0.120 e. The Morgan fingerprint density at radius 3 is 2.45 bits per heavy atom. The van der Waals surface area contributed by atoms with E-state index in [0.29, 0.717) is 0 Å². The zero-order chi connectivity index (χ0) is 14.9. The fourth-order valence-corrected chi connectivity index (χ4v) is 3.03. The molecule has 0 radical (unpaired) electrons. The Labute approximate surface area is 130 Å². The zero-order valence-corrected chi connectivity index (χ0v) is 12.5. The number of hydrogen-bond donors (Lipinski definition) is 1. The van der Waals surface area contributed by atoms with E-state index in [9.17, 15) is 0 Å². The molecule has 4 rings (SSSR count). The first-order valence-electron chi connectivity index (χ1n) is 7.46. The van der Waals surface area contributed by atoms with Crippen LogP contribution >= 0.6 is 0 Å². The fraction of sp³-hybridized carbons (Fsp3) is 0.100. The van der Waals surface area contributed by atoms with Gasteiger partial charge in [0.2, 0.25) is 0 Å². The molecule has 0 fully saturated rings. The molecule has 1 aliphatic rings. The van der Waals surface area contributed by atoms with Crippen LogP contribution in [0.15, 0.2) is 66.7 Å². The van der Waals surface area contributed by atoms with E-state index >= 15 is 0 Å². The van der Waals surface area contributed by atoms with Gasteiger partial charge in [-0.15, -0.1) is 0 Å². The average Bonchev–Trinajstić information content (AvgIpc) is 2.61. The molecule has 0 bridgehead atoms. The number of rotatable bonds is 2. The molecule has 0 amide bonds. The molecule has 3 aromatic rings. The first kappa shape index (κ1) is 13.0. The number of methoxy groups -OCH3 is 1. The van der Waals surface area contributed by atoms with Crippen molar-refractivity contribution in [3.63, 3.8) is 0 Å². The van der Waals surface area contributed by atoms with Crippen LogP contribution in [0.4, 0.5) is 5.69 Å². The summed E-state index contributed by atoms with van der Waals surface area (Å²) >= 11 is 0. The van der Waals surface area contributed by atoms with Gasteiger partial charge in [-0.25, -0.2) is 0 Å². The van der Waals surface area contributed by atoms with Crippen LogP contribution in [0.3, 0.4) is 0 Å². The molecule has 2 heteroatoms. The largest absolute Gasteiger partial charge is 0.497 e. The summed E-state index contributed by atoms with van der Waals surface area (Å²) in [7, 11) is 1.70. The van der Waals surface area contributed by atoms with Gasteiger partial charge >= 0.3 is 0 Å². The summed E-state index contributed by atoms with van der Waals surface area (Å²) in [5.74, 6) is 0.885. The lowest BCUT2D eigenvalue weighted by Gasteiger charge is -2.23. The van der Waals surface area contributed by atoms with Crippen molar-refractivity contribution in [1.82, 2.24) is 0 Å². The lowest BCUT2D eigenvalue weighted by molar-refractivity contribution is 0.415. The molecule has 0 saturated carbocycles. The Balaban J connectivity index is 1.80. The van der Waals surface area contributed by atoms with Crippen LogP contribution in [-0.2, 0) is 6.54 Å². The van der Waals surface area contributed by atoms with Gasteiger partial charge < -0.3 is 10.1 Å². The number of fused-ring (bicyclic) bond motifs is 3. The Morgan fingerprint density at radius 1 is 0.818 bits per heavy atom. The highest BCUT2D eigenvalue weighted by atomic mass is 16.5. The number of benzene rings is 3. The van der Waals surface area contributed by atoms with E-state index in [1.807, 2.05) is 12.1 Å². The molecule has 0 atom stereocenters. The number of hydrogen-bond acceptors (Lipinski definition) is 2. The van der Waals surface area contributed by atoms with Gasteiger partial charge in [0.25, 0.3) is 0 Å². The second kappa shape index (κ2) is 5.23. The predicted molar refractivity (Wildman–Crippen MR) is 91.2 cm³/mol. The standard InChI is InChI=1S/C20H17NO/c1-22-17-8-10-19-18-9-7-15(14-5-3-2-4-6-14)11-16(18)13-21-20(19)12-17/h2-12,21H,13H2,1H3. The molecule has 1 N–H and O–H groups in total. The summed E-state index contributed by atoms with van der Waals surface area (Å²) in [6, 6.07) is 23.4. The molecule has 3 aromatic carbocycles. The summed E-state index contributed by atoms with van der Waals surface area (Å²) in [6.07, 6.45) is 0. The van der Waals surface area contributed by atoms with Crippen molar-refractivity contribution in [1.29, 1.82) is 0 Å². The molecular formula is C20H17NO. The zero-order valence-electron chi connectivity index (χ0n) is 12.5. The predicted octanol–water partition coefficient (Wildman–Crippen LogP) is 4.95. The summed E-state index contributed by atoms with van der Waals surface area (Å²) in [5.41, 5.74) is 7.53. The summed E-state index contributed by atoms with van der Waals surface area (Å²) in [4.78, 5) is 0. The Hall–Kier alpha value is -2.74. The maximum absolute atomic E-state index is 5.31. The van der Waals surface area contributed by atoms with Gasteiger partial charge in [0.1, 0.15) is 5.75 Å². The van der Waals surface area contributed by atoms with Crippen molar-refractivity contribution in [2.75, 3.05) is 12.4 Å². The van der Waals surface area contributed by atoms with E-state index < -0.39 is 0 Å². The van der Waals surface area contributed by atoms with Crippen LogP contribution in [0.1, 0.15) is 5.56 Å². The van der Waals surface area contributed by atoms with Gasteiger partial charge in [-0.05, 0) is 40.5 Å². The van der Waals surface area contributed by atoms with E-state index in [1.54, 1.807) is 7.11 Å². The second-order valence-electron chi connectivity index (χ2n) is 5.50. The van der Waals surface area contributed by atoms with Gasteiger partial charge in [0.15, 0.2) is 0 Å². The van der Waals surface area contributed by atoms with E-state index in [0.717, 1.165) is 18.0 Å². The normalized spacial score (nSPS) is 12.0. The van der Waals surface area contributed by atoms with Crippen LogP contribution in [0, 0.1) is 0 Å². The lowest BCUT2D eigenvalue weighted by atomic mass is 9.91. The number of nitrogens with one attached hydrogen (secondary N) is 1. The topological polar surface area (TPSA) is 21.3 Å². The molecule has 2 nitrogen and oxygen atoms in total. The van der Waals surface area contributed by atoms with E-state index in [-0.39, 0.29) is 0 Å². The van der Waals surface area contributed by atoms with Gasteiger partial charge in [0, 0.05) is 23.9 Å². The van der Waals surface area contributed by atoms with Crippen LogP contribution in [0.25, 0.3) is 22.3 Å². The number of ether oxygens (including phenoxy) is 1. The Morgan fingerprint density at radius 2 is 1.64 bits per heavy atom. The van der Waals surface area contributed by atoms with Crippen LogP contribution < -0.4 is 10.1 Å². The SMILES string of the molecule is COc1ccc2c(c1)NCc1cc(-c3ccccc3)ccc1-2. The summed E-state index contributed by atoms with van der Waals surface area (Å²) < 4.78 is 5.31. The third kappa shape index (κ3) is 2.13. The Bertz CT molecular complexity index is 824. The summed E-state index contributed by atoms with van der Waals surface area (Å²) in [5, 5.41) is 3.49. The summed E-state index contributed by atoms with van der Waals surface area (Å²) in [6.45, 7) is 0.843. The molecule has 0 saturated heterocycles. The highest BCUT2D eigenvalue weighted by Crippen LogP contribution is 2.39. The highest BCUT2D eigenvalue weighted by molar-refractivity contribution is 5.85. The molecule has 0 aromatic heterocycles. The third-order valence-corrected chi connectivity index (χ3v) is 4.20. The van der Waals surface area contributed by atoms with E-state index in [1.165, 1.54) is 27.8 Å². The quantitative estimate of drug-likeness (QED) is 0.719. The molecule has 0 aliphatic carbocycles. The van der Waals surface area contributed by atoms with Crippen LogP contribution in [-0.4, -0.2) is 7.11 Å². The minimum atomic E-state index is 0.843. The molecule has 22 heavy (non-hydrogen) atoms. The molecule has 108 valence electrons. The Kier molecular flexibility index (Phi) is 3.08. The maximum atomic E-state index is 5.31. The molecule has 0 spiro atoms. The molecule has 1 heterocycles. The van der Waals surface area contributed by atoms with Gasteiger partial charge in [0.05, 0.1) is 7.11 Å². The molecular weight excluding hydrogens is 270 g/mol. The van der Waals surface area contributed by atoms with Crippen molar-refractivity contribution in [3.8, 4) is 28.0 Å². The minimum Gasteiger partial charge on any atom is -0.497 e. The van der Waals surface area contributed by atoms with Crippen molar-refractivity contribution < 1.29 is 4.74 Å². The first-order chi connectivity index (χ1) is 10.8. The van der Waals surface area contributed by atoms with Crippen molar-refractivity contribution in [2.45, 2.75) is 6.54 Å². The van der Waals surface area contributed by atoms with Gasteiger partial charge in [-0.2, -0.15) is 0 Å². The molecule has 0 unspecified atom stereocenters. The van der Waals surface area contributed by atoms with E-state index in [4.69, 9.17) is 4.74 Å². The van der Waals surface area contributed by atoms with E-state index in [2.05, 4.69) is 59.9 Å². The van der Waals surface area contributed by atoms with Crippen molar-refractivity contribution >= 4 is 5.69 Å². The monoisotopic (exact) mass is 287 g/mol. The second-order valence-corrected chi connectivity index (χ2v) is 5.50. The fourth-order valence-electron chi connectivity index (χ4n) is 3.03. The van der Waals surface area contributed by atoms with Gasteiger partial charge in [-0.3, -0.25) is 0 Å². The van der Waals surface area contributed by atoms with Crippen LogP contribution in [0.2, 0.25) is 0 Å². The third-order valence-electron chi connectivity index (χ3n) is 4.20. The van der Waals surface area contributed by atoms with Crippen molar-refractivity contribution in [3.05, 3.63) is 72.3 Å². The van der Waals surface area contributed by atoms with Crippen LogP contribution in [0.5, 0.6) is 5.75 Å². The van der Waals surface area contributed by atoms with Gasteiger partial charge in [-0.1, -0.05) is 42.5 Å². The molecule has 1 aliphatic heterocycles. The number of anilines is 1. The minimum absolute atomic E-state index is 0.843. The average molecular weight is 287 g/mol. The lowest BCUT2D eigenvalue weighted by Crippen LogP contribution is -2.08. The maximum Gasteiger partial charge on any atom is 0.120 e. The first-order valence-corrected chi connectivity index (χ1v) is 7.46. The van der Waals surface area contributed by atoms with Crippen molar-refractivity contribution in [2.24, 2.45) is 0 Å².